The van der Waals surface area contributed by atoms with Gasteiger partial charge in [-0.25, -0.2) is 9.48 Å². The number of nitrogens with zero attached hydrogens (tertiary/aromatic N) is 3. The molecule has 2 aromatic carbocycles. The minimum Gasteiger partial charge on any atom is -0.462 e. The van der Waals surface area contributed by atoms with Crippen LogP contribution in [-0.4, -0.2) is 28.3 Å². The molecule has 0 fully saturated rings. The van der Waals surface area contributed by atoms with Crippen molar-refractivity contribution in [3.05, 3.63) is 77.1 Å². The lowest BCUT2D eigenvalue weighted by molar-refractivity contribution is -0.143. The summed E-state index contributed by atoms with van der Waals surface area (Å²) in [5, 5.41) is 15.2. The average Bonchev–Trinajstić information content (AvgIpc) is 3.20. The standard InChI is InChI=1S/C21H15F3N4O3/c1-2-31-20(30)17-12-26-28(18(17)21(22,23)24)16-8-6-15(7-9-16)27-19(29)14-5-3-4-13(10-14)11-25/h3-10,12H,2H2,1H3,(H,27,29). The van der Waals surface area contributed by atoms with E-state index in [9.17, 15) is 22.8 Å². The van der Waals surface area contributed by atoms with Crippen molar-refractivity contribution in [2.75, 3.05) is 11.9 Å². The number of carbonyl (C=O) groups excluding carboxylic acids is 2. The third-order valence-electron chi connectivity index (χ3n) is 4.16. The molecule has 1 aromatic heterocycles. The summed E-state index contributed by atoms with van der Waals surface area (Å²) >= 11 is 0. The molecular weight excluding hydrogens is 413 g/mol. The van der Waals surface area contributed by atoms with Gasteiger partial charge in [0.15, 0.2) is 5.69 Å². The first kappa shape index (κ1) is 21.6. The second-order valence-corrected chi connectivity index (χ2v) is 6.23. The number of alkyl halides is 3. The number of halogens is 3. The third-order valence-corrected chi connectivity index (χ3v) is 4.16. The van der Waals surface area contributed by atoms with E-state index < -0.39 is 29.3 Å². The Kier molecular flexibility index (Phi) is 6.06. The molecule has 7 nitrogen and oxygen atoms in total. The highest BCUT2D eigenvalue weighted by Gasteiger charge is 2.41. The van der Waals surface area contributed by atoms with Gasteiger partial charge in [-0.1, -0.05) is 6.07 Å². The Morgan fingerprint density at radius 3 is 2.52 bits per heavy atom. The van der Waals surface area contributed by atoms with E-state index in [1.165, 1.54) is 43.3 Å². The number of anilines is 1. The molecule has 10 heteroatoms. The highest BCUT2D eigenvalue weighted by atomic mass is 19.4. The monoisotopic (exact) mass is 428 g/mol. The van der Waals surface area contributed by atoms with Crippen molar-refractivity contribution in [2.24, 2.45) is 0 Å². The molecule has 0 atom stereocenters. The minimum atomic E-state index is -4.85. The fourth-order valence-electron chi connectivity index (χ4n) is 2.79. The summed E-state index contributed by atoms with van der Waals surface area (Å²) in [7, 11) is 0. The zero-order valence-corrected chi connectivity index (χ0v) is 16.1. The molecule has 1 amide bonds. The second-order valence-electron chi connectivity index (χ2n) is 6.23. The highest BCUT2D eigenvalue weighted by molar-refractivity contribution is 6.04. The maximum Gasteiger partial charge on any atom is 0.434 e. The minimum absolute atomic E-state index is 0.0346. The quantitative estimate of drug-likeness (QED) is 0.615. The van der Waals surface area contributed by atoms with Crippen molar-refractivity contribution in [1.29, 1.82) is 5.26 Å². The summed E-state index contributed by atoms with van der Waals surface area (Å²) in [6, 6.07) is 13.4. The number of amides is 1. The smallest absolute Gasteiger partial charge is 0.434 e. The molecular formula is C21H15F3N4O3. The van der Waals surface area contributed by atoms with Crippen LogP contribution in [0.25, 0.3) is 5.69 Å². The first-order chi connectivity index (χ1) is 14.7. The van der Waals surface area contributed by atoms with Crippen molar-refractivity contribution in [3.63, 3.8) is 0 Å². The lowest BCUT2D eigenvalue weighted by Crippen LogP contribution is -2.18. The Balaban J connectivity index is 1.87. The van der Waals surface area contributed by atoms with Gasteiger partial charge in [0.1, 0.15) is 5.56 Å². The largest absolute Gasteiger partial charge is 0.462 e. The van der Waals surface area contributed by atoms with Crippen LogP contribution < -0.4 is 5.32 Å². The predicted octanol–water partition coefficient (Wildman–Crippen LogP) is 4.19. The molecule has 0 unspecified atom stereocenters. The normalized spacial score (nSPS) is 10.9. The molecule has 1 N–H and O–H groups in total. The number of aromatic nitrogens is 2. The van der Waals surface area contributed by atoms with E-state index in [2.05, 4.69) is 15.2 Å². The predicted molar refractivity (Wildman–Crippen MR) is 104 cm³/mol. The van der Waals surface area contributed by atoms with Gasteiger partial charge in [0.2, 0.25) is 0 Å². The van der Waals surface area contributed by atoms with Crippen LogP contribution in [0.1, 0.15) is 38.9 Å². The van der Waals surface area contributed by atoms with E-state index in [1.807, 2.05) is 6.07 Å². The van der Waals surface area contributed by atoms with Crippen molar-refractivity contribution in [2.45, 2.75) is 13.1 Å². The SMILES string of the molecule is CCOC(=O)c1cnn(-c2ccc(NC(=O)c3cccc(C#N)c3)cc2)c1C(F)(F)F. The Morgan fingerprint density at radius 1 is 1.19 bits per heavy atom. The number of esters is 1. The van der Waals surface area contributed by atoms with Gasteiger partial charge < -0.3 is 10.1 Å². The van der Waals surface area contributed by atoms with Crippen LogP contribution in [0.2, 0.25) is 0 Å². The molecule has 0 saturated heterocycles. The van der Waals surface area contributed by atoms with Crippen LogP contribution in [0.5, 0.6) is 0 Å². The molecule has 0 aliphatic rings. The lowest BCUT2D eigenvalue weighted by Gasteiger charge is -2.13. The summed E-state index contributed by atoms with van der Waals surface area (Å²) in [4.78, 5) is 24.2. The van der Waals surface area contributed by atoms with E-state index in [1.54, 1.807) is 12.1 Å². The van der Waals surface area contributed by atoms with Crippen molar-refractivity contribution in [1.82, 2.24) is 9.78 Å². The van der Waals surface area contributed by atoms with E-state index in [0.29, 0.717) is 15.9 Å². The molecule has 158 valence electrons. The van der Waals surface area contributed by atoms with Crippen LogP contribution in [0.3, 0.4) is 0 Å². The van der Waals surface area contributed by atoms with Crippen LogP contribution in [-0.2, 0) is 10.9 Å². The number of rotatable bonds is 5. The number of hydrogen-bond acceptors (Lipinski definition) is 5. The van der Waals surface area contributed by atoms with Crippen LogP contribution in [0.15, 0.2) is 54.7 Å². The second kappa shape index (κ2) is 8.71. The zero-order valence-electron chi connectivity index (χ0n) is 16.1. The lowest BCUT2D eigenvalue weighted by atomic mass is 10.1. The highest BCUT2D eigenvalue weighted by Crippen LogP contribution is 2.34. The van der Waals surface area contributed by atoms with Gasteiger partial charge >= 0.3 is 12.1 Å². The summed E-state index contributed by atoms with van der Waals surface area (Å²) in [6.07, 6.45) is -4.05. The Morgan fingerprint density at radius 2 is 1.90 bits per heavy atom. The topological polar surface area (TPSA) is 97.0 Å². The molecule has 0 radical (unpaired) electrons. The molecule has 0 aliphatic heterocycles. The molecule has 3 rings (SSSR count). The molecule has 3 aromatic rings. The number of ether oxygens (including phenoxy) is 1. The average molecular weight is 428 g/mol. The molecule has 1 heterocycles. The first-order valence-corrected chi connectivity index (χ1v) is 8.99. The maximum atomic E-state index is 13.6. The van der Waals surface area contributed by atoms with Crippen molar-refractivity contribution in [3.8, 4) is 11.8 Å². The molecule has 0 aliphatic carbocycles. The van der Waals surface area contributed by atoms with Crippen LogP contribution in [0, 0.1) is 11.3 Å². The van der Waals surface area contributed by atoms with Crippen molar-refractivity contribution < 1.29 is 27.5 Å². The fourth-order valence-corrected chi connectivity index (χ4v) is 2.79. The molecule has 31 heavy (non-hydrogen) atoms. The summed E-state index contributed by atoms with van der Waals surface area (Å²) < 4.78 is 46.0. The summed E-state index contributed by atoms with van der Waals surface area (Å²) in [6.45, 7) is 1.41. The van der Waals surface area contributed by atoms with E-state index in [-0.39, 0.29) is 17.9 Å². The third kappa shape index (κ3) is 4.72. The first-order valence-electron chi connectivity index (χ1n) is 8.99. The fraction of sp³-hybridized carbons (Fsp3) is 0.143. The summed E-state index contributed by atoms with van der Waals surface area (Å²) in [5.41, 5.74) is -1.01. The van der Waals surface area contributed by atoms with Gasteiger partial charge in [0.25, 0.3) is 5.91 Å². The van der Waals surface area contributed by atoms with E-state index >= 15 is 0 Å². The van der Waals surface area contributed by atoms with Gasteiger partial charge in [-0.05, 0) is 49.4 Å². The van der Waals surface area contributed by atoms with E-state index in [4.69, 9.17) is 5.26 Å². The molecule has 0 spiro atoms. The Hall–Kier alpha value is -4.13. The van der Waals surface area contributed by atoms with E-state index in [0.717, 1.165) is 6.20 Å². The number of nitriles is 1. The van der Waals surface area contributed by atoms with Gasteiger partial charge in [0.05, 0.1) is 30.1 Å². The summed E-state index contributed by atoms with van der Waals surface area (Å²) in [5.74, 6) is -1.60. The molecule has 0 saturated carbocycles. The van der Waals surface area contributed by atoms with Gasteiger partial charge in [-0.3, -0.25) is 4.79 Å². The number of hydrogen-bond donors (Lipinski definition) is 1. The van der Waals surface area contributed by atoms with Crippen molar-refractivity contribution >= 4 is 17.6 Å². The number of benzene rings is 2. The Labute approximate surface area is 174 Å². The van der Waals surface area contributed by atoms with Crippen LogP contribution >= 0.6 is 0 Å². The maximum absolute atomic E-state index is 13.6. The van der Waals surface area contributed by atoms with Gasteiger partial charge in [-0.2, -0.15) is 23.5 Å². The zero-order chi connectivity index (χ0) is 22.6. The molecule has 0 bridgehead atoms. The Bertz CT molecular complexity index is 1160. The number of nitrogens with one attached hydrogen (secondary N) is 1. The van der Waals surface area contributed by atoms with Gasteiger partial charge in [0, 0.05) is 11.3 Å². The van der Waals surface area contributed by atoms with Crippen LogP contribution in [0.4, 0.5) is 18.9 Å². The van der Waals surface area contributed by atoms with Gasteiger partial charge in [-0.15, -0.1) is 0 Å². The number of carbonyl (C=O) groups is 2.